The molecule has 5 heteroatoms. The van der Waals surface area contributed by atoms with Crippen LogP contribution in [0.15, 0.2) is 58.3 Å². The summed E-state index contributed by atoms with van der Waals surface area (Å²) < 4.78 is 25.3. The van der Waals surface area contributed by atoms with E-state index in [1.54, 1.807) is 24.3 Å². The quantitative estimate of drug-likeness (QED) is 0.647. The molecule has 1 unspecified atom stereocenters. The SMILES string of the molecule is N/C(=C1\C(=O)c2ccccc2[S+]1[O-])c1ccc(F)cc1. The van der Waals surface area contributed by atoms with Gasteiger partial charge in [-0.2, -0.15) is 0 Å². The first-order chi connectivity index (χ1) is 9.59. The number of carbonyl (C=O) groups excluding carboxylic acids is 1. The molecule has 1 atom stereocenters. The highest BCUT2D eigenvalue weighted by Gasteiger charge is 2.41. The molecule has 2 aromatic carbocycles. The third kappa shape index (κ3) is 1.92. The van der Waals surface area contributed by atoms with E-state index in [4.69, 9.17) is 5.73 Å². The van der Waals surface area contributed by atoms with Crippen LogP contribution in [0.5, 0.6) is 0 Å². The van der Waals surface area contributed by atoms with Crippen LogP contribution < -0.4 is 5.73 Å². The third-order valence-electron chi connectivity index (χ3n) is 3.12. The summed E-state index contributed by atoms with van der Waals surface area (Å²) in [5, 5.41) is 0. The summed E-state index contributed by atoms with van der Waals surface area (Å²) in [5.41, 5.74) is 6.97. The maximum Gasteiger partial charge on any atom is 0.248 e. The van der Waals surface area contributed by atoms with Gasteiger partial charge in [-0.15, -0.1) is 0 Å². The lowest BCUT2D eigenvalue weighted by Crippen LogP contribution is -2.11. The molecule has 1 aliphatic rings. The second-order valence-electron chi connectivity index (χ2n) is 4.34. The van der Waals surface area contributed by atoms with E-state index >= 15 is 0 Å². The van der Waals surface area contributed by atoms with Crippen LogP contribution in [0.2, 0.25) is 0 Å². The van der Waals surface area contributed by atoms with Crippen molar-refractivity contribution in [2.24, 2.45) is 5.73 Å². The van der Waals surface area contributed by atoms with Crippen LogP contribution in [-0.2, 0) is 11.2 Å². The fourth-order valence-corrected chi connectivity index (χ4v) is 3.49. The highest BCUT2D eigenvalue weighted by molar-refractivity contribution is 7.97. The van der Waals surface area contributed by atoms with E-state index in [2.05, 4.69) is 0 Å². The molecule has 100 valence electrons. The van der Waals surface area contributed by atoms with Gasteiger partial charge in [0.05, 0.1) is 11.3 Å². The summed E-state index contributed by atoms with van der Waals surface area (Å²) in [6.45, 7) is 0. The zero-order chi connectivity index (χ0) is 14.3. The summed E-state index contributed by atoms with van der Waals surface area (Å²) in [6, 6.07) is 12.1. The van der Waals surface area contributed by atoms with Crippen LogP contribution in [-0.4, -0.2) is 10.3 Å². The Hall–Kier alpha value is -2.11. The van der Waals surface area contributed by atoms with Gasteiger partial charge < -0.3 is 10.3 Å². The Morgan fingerprint density at radius 1 is 1.10 bits per heavy atom. The molecule has 0 amide bonds. The smallest absolute Gasteiger partial charge is 0.248 e. The Balaban J connectivity index is 2.13. The lowest BCUT2D eigenvalue weighted by Gasteiger charge is -2.07. The lowest BCUT2D eigenvalue weighted by molar-refractivity contribution is 0.104. The molecule has 0 saturated heterocycles. The zero-order valence-corrected chi connectivity index (χ0v) is 11.1. The molecule has 0 fully saturated rings. The van der Waals surface area contributed by atoms with Crippen molar-refractivity contribution in [1.82, 2.24) is 0 Å². The van der Waals surface area contributed by atoms with E-state index in [1.165, 1.54) is 24.3 Å². The summed E-state index contributed by atoms with van der Waals surface area (Å²) >= 11 is -1.59. The molecule has 20 heavy (non-hydrogen) atoms. The number of hydrogen-bond donors (Lipinski definition) is 1. The van der Waals surface area contributed by atoms with Crippen LogP contribution in [0.25, 0.3) is 5.70 Å². The van der Waals surface area contributed by atoms with E-state index in [1.807, 2.05) is 0 Å². The summed E-state index contributed by atoms with van der Waals surface area (Å²) in [6.07, 6.45) is 0. The van der Waals surface area contributed by atoms with Crippen molar-refractivity contribution >= 4 is 22.7 Å². The number of fused-ring (bicyclic) bond motifs is 1. The van der Waals surface area contributed by atoms with Gasteiger partial charge in [0, 0.05) is 16.7 Å². The van der Waals surface area contributed by atoms with Crippen LogP contribution in [0.4, 0.5) is 4.39 Å². The van der Waals surface area contributed by atoms with E-state index in [0.29, 0.717) is 16.0 Å². The molecule has 0 radical (unpaired) electrons. The van der Waals surface area contributed by atoms with Crippen LogP contribution in [0.1, 0.15) is 15.9 Å². The molecule has 2 N–H and O–H groups in total. The molecule has 0 aromatic heterocycles. The molecule has 0 saturated carbocycles. The number of benzene rings is 2. The number of Topliss-reactive ketones (excluding diaryl/α,β-unsaturated/α-hetero) is 1. The maximum atomic E-state index is 12.9. The second kappa shape index (κ2) is 4.77. The highest BCUT2D eigenvalue weighted by atomic mass is 32.2. The van der Waals surface area contributed by atoms with Gasteiger partial charge in [0.25, 0.3) is 0 Å². The van der Waals surface area contributed by atoms with Crippen molar-refractivity contribution in [3.63, 3.8) is 0 Å². The third-order valence-corrected chi connectivity index (χ3v) is 4.65. The monoisotopic (exact) mass is 287 g/mol. The number of carbonyl (C=O) groups is 1. The van der Waals surface area contributed by atoms with Crippen molar-refractivity contribution in [2.45, 2.75) is 4.90 Å². The van der Waals surface area contributed by atoms with Crippen molar-refractivity contribution in [2.75, 3.05) is 0 Å². The van der Waals surface area contributed by atoms with Gasteiger partial charge in [0.1, 0.15) is 5.82 Å². The van der Waals surface area contributed by atoms with Gasteiger partial charge in [0.15, 0.2) is 4.90 Å². The van der Waals surface area contributed by atoms with Crippen molar-refractivity contribution in [3.8, 4) is 0 Å². The summed E-state index contributed by atoms with van der Waals surface area (Å²) in [4.78, 5) is 12.8. The molecular formula is C15H10FNO2S. The minimum Gasteiger partial charge on any atom is -0.606 e. The van der Waals surface area contributed by atoms with Crippen molar-refractivity contribution in [3.05, 3.63) is 70.4 Å². The van der Waals surface area contributed by atoms with Gasteiger partial charge in [-0.3, -0.25) is 4.79 Å². The number of ketones is 1. The largest absolute Gasteiger partial charge is 0.606 e. The van der Waals surface area contributed by atoms with Gasteiger partial charge >= 0.3 is 0 Å². The fourth-order valence-electron chi connectivity index (χ4n) is 2.12. The molecule has 3 rings (SSSR count). The Bertz CT molecular complexity index is 725. The lowest BCUT2D eigenvalue weighted by atomic mass is 10.1. The second-order valence-corrected chi connectivity index (χ2v) is 5.73. The number of halogens is 1. The number of nitrogens with two attached hydrogens (primary N) is 1. The molecule has 0 spiro atoms. The Kier molecular flexibility index (Phi) is 3.08. The highest BCUT2D eigenvalue weighted by Crippen LogP contribution is 2.36. The number of allylic oxidation sites excluding steroid dienone is 1. The first-order valence-electron chi connectivity index (χ1n) is 5.91. The first kappa shape index (κ1) is 12.9. The predicted molar refractivity (Wildman–Crippen MR) is 74.7 cm³/mol. The van der Waals surface area contributed by atoms with Crippen molar-refractivity contribution in [1.29, 1.82) is 0 Å². The molecule has 0 aliphatic carbocycles. The zero-order valence-electron chi connectivity index (χ0n) is 10.3. The summed E-state index contributed by atoms with van der Waals surface area (Å²) in [5.74, 6) is -0.727. The van der Waals surface area contributed by atoms with Crippen molar-refractivity contribution < 1.29 is 13.7 Å². The van der Waals surface area contributed by atoms with Gasteiger partial charge in [0.2, 0.25) is 10.7 Å². The average molecular weight is 287 g/mol. The van der Waals surface area contributed by atoms with E-state index in [9.17, 15) is 13.7 Å². The standard InChI is InChI=1S/C15H10FNO2S/c16-10-7-5-9(6-8-10)13(17)15-14(18)11-3-1-2-4-12(11)20(15)19/h1-8H,17H2/b15-13+. The fraction of sp³-hybridized carbons (Fsp3) is 0. The van der Waals surface area contributed by atoms with Gasteiger partial charge in [-0.25, -0.2) is 4.39 Å². The number of hydrogen-bond acceptors (Lipinski definition) is 3. The molecule has 2 aromatic rings. The minimum absolute atomic E-state index is 0.0674. The molecule has 0 bridgehead atoms. The van der Waals surface area contributed by atoms with Gasteiger partial charge in [-0.1, -0.05) is 12.1 Å². The minimum atomic E-state index is -1.59. The molecule has 1 heterocycles. The Morgan fingerprint density at radius 3 is 2.40 bits per heavy atom. The normalized spacial score (nSPS) is 19.9. The Labute approximate surface area is 118 Å². The van der Waals surface area contributed by atoms with E-state index in [0.717, 1.165) is 0 Å². The molecule has 1 aliphatic heterocycles. The summed E-state index contributed by atoms with van der Waals surface area (Å²) in [7, 11) is 0. The molecule has 3 nitrogen and oxygen atoms in total. The average Bonchev–Trinajstić information content (AvgIpc) is 2.72. The first-order valence-corrected chi connectivity index (χ1v) is 7.06. The molecular weight excluding hydrogens is 277 g/mol. The Morgan fingerprint density at radius 2 is 1.75 bits per heavy atom. The van der Waals surface area contributed by atoms with Gasteiger partial charge in [-0.05, 0) is 36.4 Å². The van der Waals surface area contributed by atoms with E-state index < -0.39 is 17.0 Å². The maximum absolute atomic E-state index is 12.9. The number of rotatable bonds is 1. The van der Waals surface area contributed by atoms with E-state index in [-0.39, 0.29) is 16.4 Å². The predicted octanol–water partition coefficient (Wildman–Crippen LogP) is 2.46. The topological polar surface area (TPSA) is 66.2 Å². The van der Waals surface area contributed by atoms with Crippen LogP contribution in [0.3, 0.4) is 0 Å². The van der Waals surface area contributed by atoms with Crippen LogP contribution >= 0.6 is 0 Å². The van der Waals surface area contributed by atoms with Crippen LogP contribution in [0, 0.1) is 5.82 Å².